The second-order valence-corrected chi connectivity index (χ2v) is 6.56. The van der Waals surface area contributed by atoms with E-state index in [0.717, 1.165) is 18.5 Å². The van der Waals surface area contributed by atoms with Gasteiger partial charge in [-0.05, 0) is 31.0 Å². The lowest BCUT2D eigenvalue weighted by atomic mass is 10.2. The van der Waals surface area contributed by atoms with Crippen LogP contribution >= 0.6 is 0 Å². The molecule has 1 heterocycles. The molecule has 0 aliphatic carbocycles. The van der Waals surface area contributed by atoms with Gasteiger partial charge in [0.1, 0.15) is 0 Å². The highest BCUT2D eigenvalue weighted by molar-refractivity contribution is 7.89. The molecule has 0 saturated carbocycles. The maximum atomic E-state index is 12.6. The van der Waals surface area contributed by atoms with E-state index in [4.69, 9.17) is 0 Å². The van der Waals surface area contributed by atoms with Gasteiger partial charge in [0.05, 0.1) is 4.90 Å². The maximum Gasteiger partial charge on any atom is 0.243 e. The number of hydrogen-bond donors (Lipinski definition) is 1. The van der Waals surface area contributed by atoms with Crippen LogP contribution in [-0.2, 0) is 16.4 Å². The van der Waals surface area contributed by atoms with Crippen molar-refractivity contribution in [3.05, 3.63) is 29.8 Å². The van der Waals surface area contributed by atoms with Crippen LogP contribution in [0.3, 0.4) is 0 Å². The first-order valence-corrected chi connectivity index (χ1v) is 7.81. The summed E-state index contributed by atoms with van der Waals surface area (Å²) in [4.78, 5) is 0.413. The Morgan fingerprint density at radius 1 is 1.44 bits per heavy atom. The van der Waals surface area contributed by atoms with Crippen LogP contribution < -0.4 is 5.32 Å². The van der Waals surface area contributed by atoms with E-state index < -0.39 is 10.0 Å². The van der Waals surface area contributed by atoms with Crippen LogP contribution in [0.25, 0.3) is 0 Å². The van der Waals surface area contributed by atoms with E-state index in [9.17, 15) is 8.42 Å². The van der Waals surface area contributed by atoms with Gasteiger partial charge in [-0.3, -0.25) is 0 Å². The Morgan fingerprint density at radius 2 is 2.22 bits per heavy atom. The second kappa shape index (κ2) is 5.38. The first-order valence-electron chi connectivity index (χ1n) is 6.37. The Labute approximate surface area is 109 Å². The number of nitrogens with one attached hydrogen (secondary N) is 1. The van der Waals surface area contributed by atoms with Crippen molar-refractivity contribution < 1.29 is 8.42 Å². The molecular weight excluding hydrogens is 248 g/mol. The van der Waals surface area contributed by atoms with E-state index in [1.807, 2.05) is 26.0 Å². The van der Waals surface area contributed by atoms with Crippen LogP contribution in [0, 0.1) is 0 Å². The van der Waals surface area contributed by atoms with Crippen molar-refractivity contribution in [3.8, 4) is 0 Å². The molecule has 0 aromatic heterocycles. The Bertz CT molecular complexity index is 513. The zero-order valence-electron chi connectivity index (χ0n) is 10.9. The summed E-state index contributed by atoms with van der Waals surface area (Å²) < 4.78 is 26.7. The summed E-state index contributed by atoms with van der Waals surface area (Å²) in [5.74, 6) is 0. The van der Waals surface area contributed by atoms with Crippen LogP contribution in [0.2, 0.25) is 0 Å². The number of benzene rings is 1. The van der Waals surface area contributed by atoms with E-state index in [-0.39, 0.29) is 6.04 Å². The molecule has 5 heteroatoms. The predicted octanol–water partition coefficient (Wildman–Crippen LogP) is 1.23. The zero-order valence-corrected chi connectivity index (χ0v) is 11.7. The fourth-order valence-corrected chi connectivity index (χ4v) is 3.94. The van der Waals surface area contributed by atoms with Gasteiger partial charge in [0.15, 0.2) is 0 Å². The Hall–Kier alpha value is -0.910. The molecule has 1 aromatic carbocycles. The first kappa shape index (κ1) is 13.5. The first-order chi connectivity index (χ1) is 8.55. The molecule has 1 saturated heterocycles. The summed E-state index contributed by atoms with van der Waals surface area (Å²) in [6.45, 7) is 5.94. The lowest BCUT2D eigenvalue weighted by Gasteiger charge is -2.32. The molecule has 1 fully saturated rings. The van der Waals surface area contributed by atoms with Gasteiger partial charge in [-0.2, -0.15) is 4.31 Å². The minimum Gasteiger partial charge on any atom is -0.314 e. The van der Waals surface area contributed by atoms with Crippen molar-refractivity contribution >= 4 is 10.0 Å². The van der Waals surface area contributed by atoms with Crippen LogP contribution in [0.4, 0.5) is 0 Å². The maximum absolute atomic E-state index is 12.6. The Kier molecular flexibility index (Phi) is 4.04. The summed E-state index contributed by atoms with van der Waals surface area (Å²) in [6, 6.07) is 7.25. The van der Waals surface area contributed by atoms with Crippen LogP contribution in [0.1, 0.15) is 19.4 Å². The Balaban J connectivity index is 2.34. The fraction of sp³-hybridized carbons (Fsp3) is 0.538. The molecule has 0 unspecified atom stereocenters. The quantitative estimate of drug-likeness (QED) is 0.897. The molecule has 0 spiro atoms. The Morgan fingerprint density at radius 3 is 2.89 bits per heavy atom. The molecule has 1 N–H and O–H groups in total. The third-order valence-electron chi connectivity index (χ3n) is 3.35. The minimum atomic E-state index is -3.35. The van der Waals surface area contributed by atoms with E-state index >= 15 is 0 Å². The summed E-state index contributed by atoms with van der Waals surface area (Å²) in [5.41, 5.74) is 1.05. The second-order valence-electron chi connectivity index (χ2n) is 4.67. The lowest BCUT2D eigenvalue weighted by molar-refractivity contribution is 0.284. The van der Waals surface area contributed by atoms with E-state index in [1.165, 1.54) is 0 Å². The highest BCUT2D eigenvalue weighted by Crippen LogP contribution is 2.20. The fourth-order valence-electron chi connectivity index (χ4n) is 2.24. The van der Waals surface area contributed by atoms with E-state index in [0.29, 0.717) is 18.0 Å². The van der Waals surface area contributed by atoms with Crippen molar-refractivity contribution in [2.24, 2.45) is 0 Å². The summed E-state index contributed by atoms with van der Waals surface area (Å²) in [7, 11) is -3.35. The number of piperazine rings is 1. The molecule has 4 nitrogen and oxygen atoms in total. The molecular formula is C13H20N2O2S. The molecule has 1 aliphatic heterocycles. The molecule has 0 bridgehead atoms. The van der Waals surface area contributed by atoms with Crippen LogP contribution in [-0.4, -0.2) is 38.4 Å². The zero-order chi connectivity index (χ0) is 13.2. The van der Waals surface area contributed by atoms with Gasteiger partial charge >= 0.3 is 0 Å². The van der Waals surface area contributed by atoms with E-state index in [2.05, 4.69) is 5.32 Å². The monoisotopic (exact) mass is 268 g/mol. The van der Waals surface area contributed by atoms with Gasteiger partial charge in [-0.15, -0.1) is 0 Å². The largest absolute Gasteiger partial charge is 0.314 e. The molecule has 1 aromatic rings. The number of rotatable bonds is 3. The normalized spacial score (nSPS) is 22.0. The molecule has 100 valence electrons. The van der Waals surface area contributed by atoms with Gasteiger partial charge in [0, 0.05) is 25.7 Å². The van der Waals surface area contributed by atoms with Crippen molar-refractivity contribution in [3.63, 3.8) is 0 Å². The lowest BCUT2D eigenvalue weighted by Crippen LogP contribution is -2.52. The smallest absolute Gasteiger partial charge is 0.243 e. The van der Waals surface area contributed by atoms with Gasteiger partial charge in [0.2, 0.25) is 10.0 Å². The van der Waals surface area contributed by atoms with Crippen molar-refractivity contribution in [2.75, 3.05) is 19.6 Å². The highest BCUT2D eigenvalue weighted by Gasteiger charge is 2.30. The predicted molar refractivity (Wildman–Crippen MR) is 72.0 cm³/mol. The van der Waals surface area contributed by atoms with Crippen molar-refractivity contribution in [2.45, 2.75) is 31.2 Å². The molecule has 2 rings (SSSR count). The number of aryl methyl sites for hydroxylation is 1. The minimum absolute atomic E-state index is 0.00836. The summed E-state index contributed by atoms with van der Waals surface area (Å²) in [6.07, 6.45) is 0.848. The summed E-state index contributed by atoms with van der Waals surface area (Å²) in [5, 5.41) is 3.20. The van der Waals surface area contributed by atoms with E-state index in [1.54, 1.807) is 16.4 Å². The standard InChI is InChI=1S/C13H20N2O2S/c1-3-12-5-4-6-13(9-12)18(16,17)15-8-7-14-10-11(15)2/h4-6,9,11,14H,3,7-8,10H2,1-2H3/t11-/m0/s1. The molecule has 18 heavy (non-hydrogen) atoms. The molecule has 1 aliphatic rings. The van der Waals surface area contributed by atoms with Gasteiger partial charge in [-0.1, -0.05) is 19.1 Å². The average Bonchev–Trinajstić information content (AvgIpc) is 2.39. The molecule has 0 amide bonds. The SMILES string of the molecule is CCc1cccc(S(=O)(=O)N2CCNC[C@@H]2C)c1. The third kappa shape index (κ3) is 2.58. The number of hydrogen-bond acceptors (Lipinski definition) is 3. The topological polar surface area (TPSA) is 49.4 Å². The number of nitrogens with zero attached hydrogens (tertiary/aromatic N) is 1. The highest BCUT2D eigenvalue weighted by atomic mass is 32.2. The van der Waals surface area contributed by atoms with Crippen LogP contribution in [0.5, 0.6) is 0 Å². The third-order valence-corrected chi connectivity index (χ3v) is 5.36. The van der Waals surface area contributed by atoms with Gasteiger partial charge in [0.25, 0.3) is 0 Å². The molecule has 0 radical (unpaired) electrons. The van der Waals surface area contributed by atoms with Crippen molar-refractivity contribution in [1.29, 1.82) is 0 Å². The van der Waals surface area contributed by atoms with Gasteiger partial charge in [-0.25, -0.2) is 8.42 Å². The summed E-state index contributed by atoms with van der Waals surface area (Å²) >= 11 is 0. The molecule has 1 atom stereocenters. The van der Waals surface area contributed by atoms with Crippen LogP contribution in [0.15, 0.2) is 29.2 Å². The van der Waals surface area contributed by atoms with Gasteiger partial charge < -0.3 is 5.32 Å². The van der Waals surface area contributed by atoms with Crippen molar-refractivity contribution in [1.82, 2.24) is 9.62 Å². The number of sulfonamides is 1. The average molecular weight is 268 g/mol.